The van der Waals surface area contributed by atoms with E-state index in [9.17, 15) is 43.0 Å². The van der Waals surface area contributed by atoms with E-state index in [2.05, 4.69) is 5.32 Å². The second-order valence-corrected chi connectivity index (χ2v) is 7.96. The number of carboxylic acid groups (broad SMARTS) is 3. The number of hydrogen-bond acceptors (Lipinski definition) is 8. The van der Waals surface area contributed by atoms with Crippen LogP contribution in [-0.4, -0.2) is 74.8 Å². The number of carboxylic acids is 3. The number of amides is 1. The number of benzene rings is 1. The summed E-state index contributed by atoms with van der Waals surface area (Å²) in [5.74, 6) is -8.78. The second-order valence-electron chi connectivity index (χ2n) is 7.96. The van der Waals surface area contributed by atoms with Gasteiger partial charge in [-0.05, 0) is 37.8 Å². The lowest BCUT2D eigenvalue weighted by Crippen LogP contribution is -2.46. The molecule has 12 nitrogen and oxygen atoms in total. The van der Waals surface area contributed by atoms with E-state index in [1.54, 1.807) is 0 Å². The second kappa shape index (κ2) is 12.1. The third kappa shape index (κ3) is 6.97. The van der Waals surface area contributed by atoms with Crippen molar-refractivity contribution in [1.29, 1.82) is 0 Å². The van der Waals surface area contributed by atoms with Crippen molar-refractivity contribution in [2.24, 2.45) is 0 Å². The fraction of sp³-hybridized carbons (Fsp3) is 0.409. The molecule has 5 N–H and O–H groups in total. The number of hydrogen-bond donors (Lipinski definition) is 5. The molecule has 0 aliphatic heterocycles. The fourth-order valence-electron chi connectivity index (χ4n) is 3.64. The van der Waals surface area contributed by atoms with Crippen molar-refractivity contribution in [3.63, 3.8) is 0 Å². The van der Waals surface area contributed by atoms with Gasteiger partial charge in [0.05, 0.1) is 25.1 Å². The van der Waals surface area contributed by atoms with E-state index < -0.39 is 78.0 Å². The normalized spacial score (nSPS) is 12.0. The highest BCUT2D eigenvalue weighted by Gasteiger charge is 2.28. The molecule has 0 radical (unpaired) electrons. The molecule has 196 valence electrons. The minimum atomic E-state index is -1.44. The van der Waals surface area contributed by atoms with Crippen molar-refractivity contribution in [2.45, 2.75) is 38.6 Å². The Morgan fingerprint density at radius 3 is 2.25 bits per heavy atom. The molecule has 36 heavy (non-hydrogen) atoms. The highest BCUT2D eigenvalue weighted by molar-refractivity contribution is 5.86. The molecule has 14 heteroatoms. The van der Waals surface area contributed by atoms with Gasteiger partial charge in [0.25, 0.3) is 0 Å². The van der Waals surface area contributed by atoms with Crippen LogP contribution in [0.15, 0.2) is 15.3 Å². The summed E-state index contributed by atoms with van der Waals surface area (Å²) in [6, 6.07) is -0.581. The Morgan fingerprint density at radius 1 is 1.08 bits per heavy atom. The summed E-state index contributed by atoms with van der Waals surface area (Å²) in [6.07, 6.45) is -0.100. The third-order valence-corrected chi connectivity index (χ3v) is 5.41. The Labute approximate surface area is 201 Å². The molecule has 0 spiro atoms. The molecule has 1 amide bonds. The van der Waals surface area contributed by atoms with Crippen LogP contribution in [0.4, 0.5) is 8.78 Å². The zero-order valence-electron chi connectivity index (χ0n) is 19.0. The first-order valence-corrected chi connectivity index (χ1v) is 10.6. The van der Waals surface area contributed by atoms with Gasteiger partial charge in [-0.25, -0.2) is 9.18 Å². The van der Waals surface area contributed by atoms with E-state index in [0.29, 0.717) is 0 Å². The summed E-state index contributed by atoms with van der Waals surface area (Å²) in [6.45, 7) is -0.135. The van der Waals surface area contributed by atoms with Gasteiger partial charge in [0.1, 0.15) is 6.04 Å². The molecule has 2 aromatic rings. The number of carbonyl (C=O) groups is 4. The number of aryl methyl sites for hydroxylation is 1. The quantitative estimate of drug-likeness (QED) is 0.188. The lowest BCUT2D eigenvalue weighted by molar-refractivity contribution is -0.149. The molecule has 1 heterocycles. The maximum atomic E-state index is 14.0. The first kappa shape index (κ1) is 28.2. The molecule has 0 saturated heterocycles. The number of unbranched alkanes of at least 4 members (excludes halogenated alkanes) is 1. The van der Waals surface area contributed by atoms with Crippen molar-refractivity contribution in [3.8, 4) is 5.75 Å². The SMILES string of the molecule is Cc1c(CC(=O)NCCCCC(C(=O)O)N(CC(=O)O)CC(=O)O)c(=O)oc2c(F)c(O)c(F)cc12. The molecule has 0 aliphatic carbocycles. The number of aliphatic carboxylic acids is 3. The van der Waals surface area contributed by atoms with Crippen LogP contribution in [-0.2, 0) is 25.6 Å². The minimum Gasteiger partial charge on any atom is -0.503 e. The number of nitrogens with one attached hydrogen (secondary N) is 1. The van der Waals surface area contributed by atoms with Crippen LogP contribution in [0.5, 0.6) is 5.75 Å². The van der Waals surface area contributed by atoms with E-state index in [1.807, 2.05) is 0 Å². The minimum absolute atomic E-state index is 0.0537. The topological polar surface area (TPSA) is 195 Å². The van der Waals surface area contributed by atoms with E-state index >= 15 is 0 Å². The molecule has 1 aromatic heterocycles. The predicted molar refractivity (Wildman–Crippen MR) is 118 cm³/mol. The molecular formula is C22H24F2N2O10. The van der Waals surface area contributed by atoms with Crippen LogP contribution in [0.3, 0.4) is 0 Å². The first-order chi connectivity index (χ1) is 16.8. The monoisotopic (exact) mass is 514 g/mol. The number of carbonyl (C=O) groups excluding carboxylic acids is 1. The Bertz CT molecular complexity index is 1230. The number of phenolic OH excluding ortho intramolecular Hbond substituents is 1. The molecule has 0 fully saturated rings. The van der Waals surface area contributed by atoms with E-state index in [-0.39, 0.29) is 42.3 Å². The Balaban J connectivity index is 1.98. The number of rotatable bonds is 13. The first-order valence-electron chi connectivity index (χ1n) is 10.6. The van der Waals surface area contributed by atoms with Gasteiger partial charge in [0.15, 0.2) is 17.1 Å². The lowest BCUT2D eigenvalue weighted by Gasteiger charge is -2.25. The zero-order valence-corrected chi connectivity index (χ0v) is 19.0. The van der Waals surface area contributed by atoms with Crippen molar-refractivity contribution in [2.75, 3.05) is 19.6 Å². The van der Waals surface area contributed by atoms with Gasteiger partial charge in [-0.1, -0.05) is 0 Å². The average molecular weight is 514 g/mol. The van der Waals surface area contributed by atoms with Crippen LogP contribution in [0.2, 0.25) is 0 Å². The molecule has 1 unspecified atom stereocenters. The molecule has 1 atom stereocenters. The summed E-state index contributed by atoms with van der Waals surface area (Å²) in [5.41, 5.74) is -1.74. The molecule has 0 bridgehead atoms. The summed E-state index contributed by atoms with van der Waals surface area (Å²) in [5, 5.41) is 38.9. The third-order valence-electron chi connectivity index (χ3n) is 5.41. The van der Waals surface area contributed by atoms with E-state index in [1.165, 1.54) is 6.92 Å². The van der Waals surface area contributed by atoms with Crippen molar-refractivity contribution < 1.29 is 52.8 Å². The number of nitrogens with zero attached hydrogens (tertiary/aromatic N) is 1. The standard InChI is InChI=1S/C22H24F2N2O10/c1-10-11-6-13(23)19(32)18(24)20(11)36-22(35)12(10)7-15(27)25-5-3-2-4-14(21(33)34)26(8-16(28)29)9-17(30)31/h6,14,32H,2-5,7-9H2,1H3,(H,25,27)(H,28,29)(H,30,31)(H,33,34). The smallest absolute Gasteiger partial charge is 0.340 e. The Kier molecular flexibility index (Phi) is 9.44. The lowest BCUT2D eigenvalue weighted by atomic mass is 10.0. The number of aromatic hydroxyl groups is 1. The summed E-state index contributed by atoms with van der Waals surface area (Å²) in [7, 11) is 0. The van der Waals surface area contributed by atoms with Gasteiger partial charge in [-0.15, -0.1) is 0 Å². The largest absolute Gasteiger partial charge is 0.503 e. The summed E-state index contributed by atoms with van der Waals surface area (Å²) < 4.78 is 32.6. The van der Waals surface area contributed by atoms with Gasteiger partial charge < -0.3 is 30.2 Å². The molecule has 0 saturated carbocycles. The Hall–Kier alpha value is -4.07. The highest BCUT2D eigenvalue weighted by atomic mass is 19.1. The van der Waals surface area contributed by atoms with Gasteiger partial charge >= 0.3 is 23.5 Å². The van der Waals surface area contributed by atoms with Crippen LogP contribution in [0.25, 0.3) is 11.0 Å². The number of phenols is 1. The molecular weight excluding hydrogens is 490 g/mol. The van der Waals surface area contributed by atoms with Gasteiger partial charge in [0.2, 0.25) is 11.7 Å². The fourth-order valence-corrected chi connectivity index (χ4v) is 3.64. The Morgan fingerprint density at radius 2 is 1.69 bits per heavy atom. The van der Waals surface area contributed by atoms with Crippen molar-refractivity contribution in [1.82, 2.24) is 10.2 Å². The zero-order chi connectivity index (χ0) is 27.2. The molecule has 1 aromatic carbocycles. The van der Waals surface area contributed by atoms with Crippen LogP contribution < -0.4 is 10.9 Å². The van der Waals surface area contributed by atoms with Gasteiger partial charge in [0, 0.05) is 11.9 Å². The maximum absolute atomic E-state index is 14.0. The summed E-state index contributed by atoms with van der Waals surface area (Å²) in [4.78, 5) is 58.7. The maximum Gasteiger partial charge on any atom is 0.340 e. The van der Waals surface area contributed by atoms with Crippen LogP contribution in [0, 0.1) is 18.6 Å². The summed E-state index contributed by atoms with van der Waals surface area (Å²) >= 11 is 0. The molecule has 2 rings (SSSR count). The van der Waals surface area contributed by atoms with E-state index in [4.69, 9.17) is 14.6 Å². The number of halogens is 2. The predicted octanol–water partition coefficient (Wildman–Crippen LogP) is 0.839. The molecule has 0 aliphatic rings. The van der Waals surface area contributed by atoms with E-state index in [0.717, 1.165) is 11.0 Å². The number of fused-ring (bicyclic) bond motifs is 1. The van der Waals surface area contributed by atoms with Crippen molar-refractivity contribution >= 4 is 34.8 Å². The van der Waals surface area contributed by atoms with Gasteiger partial charge in [-0.3, -0.25) is 24.1 Å². The average Bonchev–Trinajstić information content (AvgIpc) is 2.77. The van der Waals surface area contributed by atoms with Crippen LogP contribution >= 0.6 is 0 Å². The van der Waals surface area contributed by atoms with Crippen LogP contribution in [0.1, 0.15) is 30.4 Å². The highest BCUT2D eigenvalue weighted by Crippen LogP contribution is 2.30. The van der Waals surface area contributed by atoms with Crippen molar-refractivity contribution in [3.05, 3.63) is 39.2 Å². The van der Waals surface area contributed by atoms with Gasteiger partial charge in [-0.2, -0.15) is 4.39 Å².